The Labute approximate surface area is 120 Å². The topological polar surface area (TPSA) is 29.1 Å². The summed E-state index contributed by atoms with van der Waals surface area (Å²) >= 11 is 0. The zero-order chi connectivity index (χ0) is 12.6. The fourth-order valence-corrected chi connectivity index (χ4v) is 1.80. The Bertz CT molecular complexity index is 485. The van der Waals surface area contributed by atoms with Gasteiger partial charge in [0, 0.05) is 25.1 Å². The predicted molar refractivity (Wildman–Crippen MR) is 80.8 cm³/mol. The number of rotatable bonds is 6. The summed E-state index contributed by atoms with van der Waals surface area (Å²) in [4.78, 5) is 11.8. The molecule has 0 unspecified atom stereocenters. The van der Waals surface area contributed by atoms with E-state index in [1.807, 2.05) is 48.5 Å². The first-order chi connectivity index (χ1) is 8.86. The van der Waals surface area contributed by atoms with Crippen molar-refractivity contribution < 1.29 is 4.79 Å². The summed E-state index contributed by atoms with van der Waals surface area (Å²) in [6.07, 6.45) is 0.539. The second-order valence-corrected chi connectivity index (χ2v) is 4.20. The molecule has 0 bridgehead atoms. The SMILES string of the molecule is Cl.O=C(CCNCc1ccccc1)c1ccccc1. The summed E-state index contributed by atoms with van der Waals surface area (Å²) in [5, 5.41) is 3.28. The number of hydrogen-bond donors (Lipinski definition) is 1. The van der Waals surface area contributed by atoms with Gasteiger partial charge in [0.2, 0.25) is 0 Å². The summed E-state index contributed by atoms with van der Waals surface area (Å²) < 4.78 is 0. The zero-order valence-electron chi connectivity index (χ0n) is 10.7. The highest BCUT2D eigenvalue weighted by Gasteiger charge is 2.03. The Morgan fingerprint density at radius 3 is 2.11 bits per heavy atom. The second kappa shape index (κ2) is 8.46. The minimum absolute atomic E-state index is 0. The molecule has 0 aliphatic rings. The fourth-order valence-electron chi connectivity index (χ4n) is 1.80. The first kappa shape index (κ1) is 15.4. The Balaban J connectivity index is 0.00000180. The van der Waals surface area contributed by atoms with E-state index in [2.05, 4.69) is 17.4 Å². The largest absolute Gasteiger partial charge is 0.312 e. The van der Waals surface area contributed by atoms with E-state index in [-0.39, 0.29) is 18.2 Å². The molecule has 0 fully saturated rings. The molecule has 0 radical (unpaired) electrons. The van der Waals surface area contributed by atoms with E-state index < -0.39 is 0 Å². The quantitative estimate of drug-likeness (QED) is 0.646. The number of carbonyl (C=O) groups excluding carboxylic acids is 1. The second-order valence-electron chi connectivity index (χ2n) is 4.20. The molecule has 0 aliphatic carbocycles. The summed E-state index contributed by atoms with van der Waals surface area (Å²) in [5.74, 6) is 0.191. The lowest BCUT2D eigenvalue weighted by atomic mass is 10.1. The van der Waals surface area contributed by atoms with Crippen LogP contribution >= 0.6 is 12.4 Å². The van der Waals surface area contributed by atoms with Crippen LogP contribution in [0.2, 0.25) is 0 Å². The van der Waals surface area contributed by atoms with Gasteiger partial charge in [0.05, 0.1) is 0 Å². The molecule has 1 N–H and O–H groups in total. The van der Waals surface area contributed by atoms with Crippen LogP contribution in [0.3, 0.4) is 0 Å². The molecule has 3 heteroatoms. The first-order valence-corrected chi connectivity index (χ1v) is 6.19. The Morgan fingerprint density at radius 2 is 1.47 bits per heavy atom. The molecule has 0 aromatic heterocycles. The maximum Gasteiger partial charge on any atom is 0.164 e. The van der Waals surface area contributed by atoms with E-state index >= 15 is 0 Å². The van der Waals surface area contributed by atoms with Gasteiger partial charge in [-0.1, -0.05) is 60.7 Å². The van der Waals surface area contributed by atoms with Crippen LogP contribution in [0.15, 0.2) is 60.7 Å². The van der Waals surface area contributed by atoms with Gasteiger partial charge in [0.15, 0.2) is 5.78 Å². The van der Waals surface area contributed by atoms with E-state index in [0.29, 0.717) is 13.0 Å². The molecule has 2 aromatic carbocycles. The number of ketones is 1. The van der Waals surface area contributed by atoms with Crippen molar-refractivity contribution in [3.8, 4) is 0 Å². The minimum atomic E-state index is 0. The molecular formula is C16H18ClNO. The molecule has 0 heterocycles. The van der Waals surface area contributed by atoms with Crippen LogP contribution in [0.5, 0.6) is 0 Å². The lowest BCUT2D eigenvalue weighted by molar-refractivity contribution is 0.0982. The van der Waals surface area contributed by atoms with Crippen molar-refractivity contribution >= 4 is 18.2 Å². The van der Waals surface area contributed by atoms with Gasteiger partial charge in [-0.25, -0.2) is 0 Å². The molecule has 2 nitrogen and oxygen atoms in total. The Hall–Kier alpha value is -1.64. The first-order valence-electron chi connectivity index (χ1n) is 6.19. The van der Waals surface area contributed by atoms with Crippen molar-refractivity contribution in [1.82, 2.24) is 5.32 Å². The minimum Gasteiger partial charge on any atom is -0.312 e. The molecule has 0 atom stereocenters. The van der Waals surface area contributed by atoms with Gasteiger partial charge in [-0.05, 0) is 5.56 Å². The number of nitrogens with one attached hydrogen (secondary N) is 1. The number of benzene rings is 2. The lowest BCUT2D eigenvalue weighted by Gasteiger charge is -2.04. The molecule has 2 aromatic rings. The van der Waals surface area contributed by atoms with Crippen LogP contribution in [0.4, 0.5) is 0 Å². The van der Waals surface area contributed by atoms with Crippen molar-refractivity contribution in [3.05, 3.63) is 71.8 Å². The normalized spacial score (nSPS) is 9.68. The highest BCUT2D eigenvalue weighted by molar-refractivity contribution is 5.96. The van der Waals surface area contributed by atoms with E-state index in [1.165, 1.54) is 5.56 Å². The average Bonchev–Trinajstić information content (AvgIpc) is 2.45. The molecule has 2 rings (SSSR count). The lowest BCUT2D eigenvalue weighted by Crippen LogP contribution is -2.17. The highest BCUT2D eigenvalue weighted by Crippen LogP contribution is 2.02. The van der Waals surface area contributed by atoms with E-state index in [1.54, 1.807) is 0 Å². The maximum atomic E-state index is 11.8. The summed E-state index contributed by atoms with van der Waals surface area (Å²) in [6, 6.07) is 19.6. The van der Waals surface area contributed by atoms with E-state index in [4.69, 9.17) is 0 Å². The number of hydrogen-bond acceptors (Lipinski definition) is 2. The summed E-state index contributed by atoms with van der Waals surface area (Å²) in [6.45, 7) is 1.52. The van der Waals surface area contributed by atoms with Gasteiger partial charge < -0.3 is 5.32 Å². The Morgan fingerprint density at radius 1 is 0.895 bits per heavy atom. The van der Waals surface area contributed by atoms with Crippen molar-refractivity contribution in [3.63, 3.8) is 0 Å². The summed E-state index contributed by atoms with van der Waals surface area (Å²) in [5.41, 5.74) is 2.03. The third kappa shape index (κ3) is 5.25. The Kier molecular flexibility index (Phi) is 6.86. The highest BCUT2D eigenvalue weighted by atomic mass is 35.5. The van der Waals surface area contributed by atoms with Crippen LogP contribution in [0.1, 0.15) is 22.3 Å². The van der Waals surface area contributed by atoms with Crippen LogP contribution in [-0.2, 0) is 6.54 Å². The average molecular weight is 276 g/mol. The molecule has 0 amide bonds. The number of carbonyl (C=O) groups is 1. The third-order valence-corrected chi connectivity index (χ3v) is 2.80. The van der Waals surface area contributed by atoms with Gasteiger partial charge in [-0.3, -0.25) is 4.79 Å². The maximum absolute atomic E-state index is 11.8. The molecule has 0 saturated carbocycles. The van der Waals surface area contributed by atoms with Crippen LogP contribution in [0.25, 0.3) is 0 Å². The van der Waals surface area contributed by atoms with Crippen LogP contribution < -0.4 is 5.32 Å². The van der Waals surface area contributed by atoms with Gasteiger partial charge >= 0.3 is 0 Å². The predicted octanol–water partition coefficient (Wildman–Crippen LogP) is 3.47. The monoisotopic (exact) mass is 275 g/mol. The van der Waals surface area contributed by atoms with Crippen LogP contribution in [-0.4, -0.2) is 12.3 Å². The van der Waals surface area contributed by atoms with E-state index in [9.17, 15) is 4.79 Å². The van der Waals surface area contributed by atoms with E-state index in [0.717, 1.165) is 12.1 Å². The molecule has 0 saturated heterocycles. The smallest absolute Gasteiger partial charge is 0.164 e. The van der Waals surface area contributed by atoms with Crippen LogP contribution in [0, 0.1) is 0 Å². The zero-order valence-corrected chi connectivity index (χ0v) is 11.5. The van der Waals surface area contributed by atoms with Crippen molar-refractivity contribution in [2.75, 3.05) is 6.54 Å². The standard InChI is InChI=1S/C16H17NO.ClH/c18-16(15-9-5-2-6-10-15)11-12-17-13-14-7-3-1-4-8-14;/h1-10,17H,11-13H2;1H. The molecule has 0 spiro atoms. The molecule has 19 heavy (non-hydrogen) atoms. The molecule has 100 valence electrons. The van der Waals surface area contributed by atoms with Gasteiger partial charge in [0.1, 0.15) is 0 Å². The number of Topliss-reactive ketones (excluding diaryl/α,β-unsaturated/α-hetero) is 1. The fraction of sp³-hybridized carbons (Fsp3) is 0.188. The van der Waals surface area contributed by atoms with Gasteiger partial charge in [-0.15, -0.1) is 12.4 Å². The van der Waals surface area contributed by atoms with Gasteiger partial charge in [-0.2, -0.15) is 0 Å². The van der Waals surface area contributed by atoms with Crippen molar-refractivity contribution in [1.29, 1.82) is 0 Å². The van der Waals surface area contributed by atoms with Crippen molar-refractivity contribution in [2.24, 2.45) is 0 Å². The van der Waals surface area contributed by atoms with Gasteiger partial charge in [0.25, 0.3) is 0 Å². The molecule has 0 aliphatic heterocycles. The number of halogens is 1. The molecular weight excluding hydrogens is 258 g/mol. The van der Waals surface area contributed by atoms with Crippen molar-refractivity contribution in [2.45, 2.75) is 13.0 Å². The summed E-state index contributed by atoms with van der Waals surface area (Å²) in [7, 11) is 0. The third-order valence-electron chi connectivity index (χ3n) is 2.80.